The van der Waals surface area contributed by atoms with Crippen molar-refractivity contribution in [2.24, 2.45) is 0 Å². The number of carbonyl (C=O) groups is 1. The van der Waals surface area contributed by atoms with E-state index in [0.29, 0.717) is 25.3 Å². The molecule has 1 fully saturated rings. The van der Waals surface area contributed by atoms with Crippen LogP contribution in [0.4, 0.5) is 0 Å². The van der Waals surface area contributed by atoms with E-state index in [0.717, 1.165) is 72.3 Å². The maximum absolute atomic E-state index is 12.4. The maximum atomic E-state index is 12.4. The standard InChI is InChI=1S/C28H30N2O4/c31-28(32)27-24(11-6-18-34-26-13-5-8-21-7-1-2-9-22(21)26)23-10-3-4-12-25(23)30(27)15-14-29-16-19-33-20-17-29/h1-5,7-10,12-13H,6,11,14-20H2,(H,31,32). The zero-order valence-corrected chi connectivity index (χ0v) is 19.3. The van der Waals surface area contributed by atoms with Crippen LogP contribution in [0.3, 0.4) is 0 Å². The molecule has 176 valence electrons. The highest BCUT2D eigenvalue weighted by Crippen LogP contribution is 2.29. The van der Waals surface area contributed by atoms with E-state index in [4.69, 9.17) is 9.47 Å². The number of hydrogen-bond donors (Lipinski definition) is 1. The molecule has 4 aromatic rings. The monoisotopic (exact) mass is 458 g/mol. The van der Waals surface area contributed by atoms with Gasteiger partial charge in [-0.25, -0.2) is 4.79 Å². The Morgan fingerprint density at radius 3 is 2.47 bits per heavy atom. The van der Waals surface area contributed by atoms with Gasteiger partial charge in [0.25, 0.3) is 0 Å². The molecule has 0 unspecified atom stereocenters. The molecule has 6 nitrogen and oxygen atoms in total. The number of morpholine rings is 1. The molecule has 0 saturated carbocycles. The fourth-order valence-electron chi connectivity index (χ4n) is 4.92. The van der Waals surface area contributed by atoms with Crippen LogP contribution in [0.15, 0.2) is 66.7 Å². The third kappa shape index (κ3) is 4.65. The van der Waals surface area contributed by atoms with Crippen LogP contribution in [0.5, 0.6) is 5.75 Å². The predicted molar refractivity (Wildman–Crippen MR) is 134 cm³/mol. The Labute approximate surface area is 199 Å². The summed E-state index contributed by atoms with van der Waals surface area (Å²) in [6.45, 7) is 5.24. The van der Waals surface area contributed by atoms with Gasteiger partial charge in [-0.2, -0.15) is 0 Å². The van der Waals surface area contributed by atoms with E-state index >= 15 is 0 Å². The second-order valence-electron chi connectivity index (χ2n) is 8.68. The first-order chi connectivity index (χ1) is 16.7. The lowest BCUT2D eigenvalue weighted by Crippen LogP contribution is -2.38. The second-order valence-corrected chi connectivity index (χ2v) is 8.68. The van der Waals surface area contributed by atoms with Crippen LogP contribution < -0.4 is 4.74 Å². The van der Waals surface area contributed by atoms with E-state index in [-0.39, 0.29) is 0 Å². The molecule has 1 aliphatic heterocycles. The second kappa shape index (κ2) is 10.3. The minimum Gasteiger partial charge on any atom is -0.493 e. The number of rotatable bonds is 9. The Balaban J connectivity index is 1.34. The molecule has 0 atom stereocenters. The topological polar surface area (TPSA) is 63.9 Å². The van der Waals surface area contributed by atoms with Crippen molar-refractivity contribution in [3.63, 3.8) is 0 Å². The van der Waals surface area contributed by atoms with Crippen molar-refractivity contribution in [1.82, 2.24) is 9.47 Å². The molecule has 2 heterocycles. The number of nitrogens with zero attached hydrogens (tertiary/aromatic N) is 2. The van der Waals surface area contributed by atoms with E-state index in [9.17, 15) is 9.90 Å². The van der Waals surface area contributed by atoms with Crippen molar-refractivity contribution in [1.29, 1.82) is 0 Å². The van der Waals surface area contributed by atoms with Crippen molar-refractivity contribution in [2.45, 2.75) is 19.4 Å². The molecule has 0 spiro atoms. The molecule has 0 radical (unpaired) electrons. The van der Waals surface area contributed by atoms with Crippen molar-refractivity contribution in [2.75, 3.05) is 39.5 Å². The average Bonchev–Trinajstić information content (AvgIpc) is 3.19. The summed E-state index contributed by atoms with van der Waals surface area (Å²) in [4.78, 5) is 14.7. The predicted octanol–water partition coefficient (Wildman–Crippen LogP) is 4.84. The quantitative estimate of drug-likeness (QED) is 0.364. The number of benzene rings is 3. The SMILES string of the molecule is O=C(O)c1c(CCCOc2cccc3ccccc23)c2ccccc2n1CCN1CCOCC1. The van der Waals surface area contributed by atoms with Gasteiger partial charge in [-0.1, -0.05) is 54.6 Å². The number of carboxylic acid groups (broad SMARTS) is 1. The van der Waals surface area contributed by atoms with Crippen LogP contribution in [0.25, 0.3) is 21.7 Å². The molecule has 0 bridgehead atoms. The lowest BCUT2D eigenvalue weighted by molar-refractivity contribution is 0.0362. The molecular weight excluding hydrogens is 428 g/mol. The van der Waals surface area contributed by atoms with Crippen LogP contribution in [0.1, 0.15) is 22.5 Å². The Morgan fingerprint density at radius 2 is 1.65 bits per heavy atom. The number of para-hydroxylation sites is 1. The number of aromatic nitrogens is 1. The molecule has 1 aromatic heterocycles. The third-order valence-corrected chi connectivity index (χ3v) is 6.60. The van der Waals surface area contributed by atoms with Crippen LogP contribution >= 0.6 is 0 Å². The van der Waals surface area contributed by atoms with Gasteiger partial charge in [0.1, 0.15) is 11.4 Å². The molecule has 1 saturated heterocycles. The summed E-state index contributed by atoms with van der Waals surface area (Å²) in [7, 11) is 0. The van der Waals surface area contributed by atoms with Crippen LogP contribution in [-0.4, -0.2) is 60.0 Å². The summed E-state index contributed by atoms with van der Waals surface area (Å²) in [5, 5.41) is 13.4. The molecule has 0 amide bonds. The number of carboxylic acids is 1. The van der Waals surface area contributed by atoms with Crippen LogP contribution in [0.2, 0.25) is 0 Å². The van der Waals surface area contributed by atoms with Gasteiger partial charge in [-0.05, 0) is 35.9 Å². The average molecular weight is 459 g/mol. The smallest absolute Gasteiger partial charge is 0.352 e. The summed E-state index contributed by atoms with van der Waals surface area (Å²) in [6.07, 6.45) is 1.39. The van der Waals surface area contributed by atoms with Gasteiger partial charge in [0.05, 0.1) is 19.8 Å². The highest BCUT2D eigenvalue weighted by atomic mass is 16.5. The van der Waals surface area contributed by atoms with E-state index in [1.807, 2.05) is 53.1 Å². The Morgan fingerprint density at radius 1 is 0.912 bits per heavy atom. The number of aromatic carboxylic acids is 1. The highest BCUT2D eigenvalue weighted by molar-refractivity contribution is 5.98. The first kappa shape index (κ1) is 22.4. The number of fused-ring (bicyclic) bond motifs is 2. The van der Waals surface area contributed by atoms with E-state index in [1.165, 1.54) is 0 Å². The Hall–Kier alpha value is -3.35. The normalized spacial score (nSPS) is 14.6. The number of aryl methyl sites for hydroxylation is 1. The molecule has 1 aliphatic rings. The molecule has 5 rings (SSSR count). The summed E-state index contributed by atoms with van der Waals surface area (Å²) in [5.41, 5.74) is 2.28. The third-order valence-electron chi connectivity index (χ3n) is 6.60. The molecule has 1 N–H and O–H groups in total. The van der Waals surface area contributed by atoms with Gasteiger partial charge >= 0.3 is 5.97 Å². The summed E-state index contributed by atoms with van der Waals surface area (Å²) >= 11 is 0. The van der Waals surface area contributed by atoms with Gasteiger partial charge in [0.2, 0.25) is 0 Å². The van der Waals surface area contributed by atoms with Gasteiger partial charge in [0.15, 0.2) is 0 Å². The lowest BCUT2D eigenvalue weighted by Gasteiger charge is -2.27. The first-order valence-corrected chi connectivity index (χ1v) is 12.0. The lowest BCUT2D eigenvalue weighted by atomic mass is 10.1. The summed E-state index contributed by atoms with van der Waals surface area (Å²) < 4.78 is 13.5. The van der Waals surface area contributed by atoms with Crippen molar-refractivity contribution in [3.05, 3.63) is 78.0 Å². The van der Waals surface area contributed by atoms with Crippen LogP contribution in [-0.2, 0) is 17.7 Å². The molecule has 3 aromatic carbocycles. The fourth-order valence-corrected chi connectivity index (χ4v) is 4.92. The largest absolute Gasteiger partial charge is 0.493 e. The summed E-state index contributed by atoms with van der Waals surface area (Å²) in [6, 6.07) is 22.3. The Bertz CT molecular complexity index is 1290. The number of hydrogen-bond acceptors (Lipinski definition) is 4. The van der Waals surface area contributed by atoms with Gasteiger partial charge in [-0.15, -0.1) is 0 Å². The van der Waals surface area contributed by atoms with Crippen molar-refractivity contribution >= 4 is 27.6 Å². The van der Waals surface area contributed by atoms with E-state index < -0.39 is 5.97 Å². The van der Waals surface area contributed by atoms with Crippen molar-refractivity contribution < 1.29 is 19.4 Å². The zero-order chi connectivity index (χ0) is 23.3. The van der Waals surface area contributed by atoms with Crippen molar-refractivity contribution in [3.8, 4) is 5.75 Å². The molecule has 34 heavy (non-hydrogen) atoms. The van der Waals surface area contributed by atoms with Gasteiger partial charge < -0.3 is 19.1 Å². The van der Waals surface area contributed by atoms with Gasteiger partial charge in [0, 0.05) is 42.5 Å². The minimum atomic E-state index is -0.872. The van der Waals surface area contributed by atoms with Gasteiger partial charge in [-0.3, -0.25) is 4.90 Å². The number of ether oxygens (including phenoxy) is 2. The highest BCUT2D eigenvalue weighted by Gasteiger charge is 2.22. The molecule has 6 heteroatoms. The molecular formula is C28H30N2O4. The maximum Gasteiger partial charge on any atom is 0.352 e. The fraction of sp³-hybridized carbons (Fsp3) is 0.321. The minimum absolute atomic E-state index is 0.402. The van der Waals surface area contributed by atoms with Crippen LogP contribution in [0, 0.1) is 0 Å². The zero-order valence-electron chi connectivity index (χ0n) is 19.3. The summed E-state index contributed by atoms with van der Waals surface area (Å²) in [5.74, 6) is -0.00681. The molecule has 0 aliphatic carbocycles. The van der Waals surface area contributed by atoms with E-state index in [2.05, 4.69) is 23.1 Å². The first-order valence-electron chi connectivity index (χ1n) is 12.0. The van der Waals surface area contributed by atoms with E-state index in [1.54, 1.807) is 0 Å². The Kier molecular flexibility index (Phi) is 6.79.